The highest BCUT2D eigenvalue weighted by atomic mass is 32.2. The Kier molecular flexibility index (Phi) is 5.60. The summed E-state index contributed by atoms with van der Waals surface area (Å²) in [7, 11) is 0. The molecule has 0 saturated heterocycles. The van der Waals surface area contributed by atoms with Crippen LogP contribution in [0.5, 0.6) is 0 Å². The molecule has 7 heteroatoms. The Balaban J connectivity index is 1.89. The number of Topliss-reactive ketones (excluding diaryl/α,β-unsaturated/α-hetero) is 1. The van der Waals surface area contributed by atoms with Crippen molar-refractivity contribution in [3.63, 3.8) is 0 Å². The number of rotatable bonds is 5. The van der Waals surface area contributed by atoms with E-state index in [9.17, 15) is 18.0 Å². The molecule has 3 nitrogen and oxygen atoms in total. The second-order valence-corrected chi connectivity index (χ2v) is 6.81. The van der Waals surface area contributed by atoms with Gasteiger partial charge in [-0.2, -0.15) is 13.2 Å². The van der Waals surface area contributed by atoms with Crippen LogP contribution in [0.3, 0.4) is 0 Å². The number of carbonyl (C=O) groups is 1. The van der Waals surface area contributed by atoms with Crippen LogP contribution in [0.2, 0.25) is 0 Å². The average Bonchev–Trinajstić information content (AvgIpc) is 2.66. The van der Waals surface area contributed by atoms with E-state index in [1.807, 2.05) is 6.92 Å². The number of benzene rings is 2. The summed E-state index contributed by atoms with van der Waals surface area (Å²) >= 11 is 0.894. The Morgan fingerprint density at radius 1 is 1.00 bits per heavy atom. The molecule has 0 saturated carbocycles. The van der Waals surface area contributed by atoms with Crippen molar-refractivity contribution in [3.8, 4) is 11.3 Å². The summed E-state index contributed by atoms with van der Waals surface area (Å²) in [5, 5.41) is -0.0790. The zero-order chi connectivity index (χ0) is 19.4. The third-order valence-electron chi connectivity index (χ3n) is 3.77. The maximum Gasteiger partial charge on any atom is 0.433 e. The summed E-state index contributed by atoms with van der Waals surface area (Å²) in [6, 6.07) is 16.5. The Hall–Kier alpha value is -2.67. The normalized spacial score (nSPS) is 11.4. The number of aryl methyl sites for hydroxylation is 1. The van der Waals surface area contributed by atoms with Crippen LogP contribution in [-0.2, 0) is 6.18 Å². The Bertz CT molecular complexity index is 942. The van der Waals surface area contributed by atoms with E-state index < -0.39 is 11.9 Å². The van der Waals surface area contributed by atoms with Crippen molar-refractivity contribution in [1.29, 1.82) is 0 Å². The van der Waals surface area contributed by atoms with Crippen LogP contribution in [0.4, 0.5) is 13.2 Å². The molecule has 0 fully saturated rings. The second-order valence-electron chi connectivity index (χ2n) is 5.86. The molecule has 1 aromatic heterocycles. The van der Waals surface area contributed by atoms with Crippen LogP contribution < -0.4 is 0 Å². The van der Waals surface area contributed by atoms with E-state index in [-0.39, 0.29) is 22.4 Å². The van der Waals surface area contributed by atoms with E-state index in [0.29, 0.717) is 11.1 Å². The van der Waals surface area contributed by atoms with Crippen LogP contribution >= 0.6 is 11.8 Å². The molecule has 0 aliphatic rings. The minimum Gasteiger partial charge on any atom is -0.293 e. The van der Waals surface area contributed by atoms with E-state index in [2.05, 4.69) is 9.97 Å². The molecule has 0 atom stereocenters. The van der Waals surface area contributed by atoms with Gasteiger partial charge in [0.05, 0.1) is 11.4 Å². The third-order valence-corrected chi connectivity index (χ3v) is 4.62. The van der Waals surface area contributed by atoms with Gasteiger partial charge in [-0.25, -0.2) is 9.97 Å². The topological polar surface area (TPSA) is 42.9 Å². The largest absolute Gasteiger partial charge is 0.433 e. The minimum atomic E-state index is -4.60. The lowest BCUT2D eigenvalue weighted by Gasteiger charge is -2.10. The molecule has 0 bridgehead atoms. The number of hydrogen-bond donors (Lipinski definition) is 0. The maximum atomic E-state index is 13.2. The Morgan fingerprint density at radius 2 is 1.67 bits per heavy atom. The molecule has 138 valence electrons. The molecule has 2 aromatic carbocycles. The van der Waals surface area contributed by atoms with Crippen molar-refractivity contribution in [3.05, 3.63) is 77.5 Å². The number of carbonyl (C=O) groups excluding carboxylic acids is 1. The number of thioether (sulfide) groups is 1. The molecular weight excluding hydrogens is 373 g/mol. The molecule has 3 rings (SSSR count). The highest BCUT2D eigenvalue weighted by Gasteiger charge is 2.34. The molecule has 0 aliphatic heterocycles. The van der Waals surface area contributed by atoms with Gasteiger partial charge < -0.3 is 0 Å². The first-order chi connectivity index (χ1) is 12.8. The third kappa shape index (κ3) is 4.95. The first-order valence-electron chi connectivity index (χ1n) is 8.07. The maximum absolute atomic E-state index is 13.2. The van der Waals surface area contributed by atoms with Crippen molar-refractivity contribution >= 4 is 17.5 Å². The van der Waals surface area contributed by atoms with Gasteiger partial charge in [0.25, 0.3) is 0 Å². The average molecular weight is 388 g/mol. The van der Waals surface area contributed by atoms with Crippen LogP contribution in [0.1, 0.15) is 21.6 Å². The summed E-state index contributed by atoms with van der Waals surface area (Å²) < 4.78 is 39.7. The van der Waals surface area contributed by atoms with E-state index in [1.54, 1.807) is 54.6 Å². The summed E-state index contributed by atoms with van der Waals surface area (Å²) in [5.41, 5.74) is 1.20. The molecule has 0 radical (unpaired) electrons. The smallest absolute Gasteiger partial charge is 0.293 e. The van der Waals surface area contributed by atoms with E-state index >= 15 is 0 Å². The molecule has 0 N–H and O–H groups in total. The van der Waals surface area contributed by atoms with Gasteiger partial charge in [-0.1, -0.05) is 71.9 Å². The van der Waals surface area contributed by atoms with Gasteiger partial charge in [0.15, 0.2) is 10.9 Å². The monoisotopic (exact) mass is 388 g/mol. The van der Waals surface area contributed by atoms with Gasteiger partial charge in [-0.15, -0.1) is 0 Å². The summed E-state index contributed by atoms with van der Waals surface area (Å²) in [5.74, 6) is -0.239. The lowest BCUT2D eigenvalue weighted by Crippen LogP contribution is -2.11. The van der Waals surface area contributed by atoms with Crippen molar-refractivity contribution in [2.75, 3.05) is 5.75 Å². The zero-order valence-corrected chi connectivity index (χ0v) is 15.1. The van der Waals surface area contributed by atoms with E-state index in [4.69, 9.17) is 0 Å². The Morgan fingerprint density at radius 3 is 2.30 bits per heavy atom. The van der Waals surface area contributed by atoms with Crippen molar-refractivity contribution < 1.29 is 18.0 Å². The zero-order valence-electron chi connectivity index (χ0n) is 14.3. The number of ketones is 1. The second kappa shape index (κ2) is 7.92. The van der Waals surface area contributed by atoms with Crippen LogP contribution in [0.25, 0.3) is 11.3 Å². The molecule has 0 unspecified atom stereocenters. The number of nitrogens with zero attached hydrogens (tertiary/aromatic N) is 2. The summed E-state index contributed by atoms with van der Waals surface area (Å²) in [6.45, 7) is 1.89. The highest BCUT2D eigenvalue weighted by Crippen LogP contribution is 2.32. The fraction of sp³-hybridized carbons (Fsp3) is 0.150. The predicted octanol–water partition coefficient (Wildman–Crippen LogP) is 5.45. The molecule has 27 heavy (non-hydrogen) atoms. The van der Waals surface area contributed by atoms with Gasteiger partial charge in [0.1, 0.15) is 5.69 Å². The van der Waals surface area contributed by atoms with Crippen LogP contribution in [0.15, 0.2) is 65.8 Å². The number of aromatic nitrogens is 2. The van der Waals surface area contributed by atoms with Crippen molar-refractivity contribution in [2.24, 2.45) is 0 Å². The molecule has 3 aromatic rings. The molecular formula is C20H15F3N2OS. The van der Waals surface area contributed by atoms with Crippen molar-refractivity contribution in [2.45, 2.75) is 18.3 Å². The summed E-state index contributed by atoms with van der Waals surface area (Å²) in [4.78, 5) is 20.0. The number of alkyl halides is 3. The van der Waals surface area contributed by atoms with Gasteiger partial charge in [-0.05, 0) is 13.0 Å². The van der Waals surface area contributed by atoms with E-state index in [0.717, 1.165) is 23.4 Å². The molecule has 0 spiro atoms. The number of hydrogen-bond acceptors (Lipinski definition) is 4. The standard InChI is InChI=1S/C20H15F3N2OS/c1-13-7-9-14(10-8-13)16-11-18(20(21,22)23)25-19(24-16)27-12-17(26)15-5-3-2-4-6-15/h2-11H,12H2,1H3. The molecule has 0 amide bonds. The molecule has 0 aliphatic carbocycles. The van der Waals surface area contributed by atoms with E-state index in [1.165, 1.54) is 0 Å². The predicted molar refractivity (Wildman–Crippen MR) is 98.7 cm³/mol. The first-order valence-corrected chi connectivity index (χ1v) is 9.06. The fourth-order valence-corrected chi connectivity index (χ4v) is 3.10. The lowest BCUT2D eigenvalue weighted by atomic mass is 10.1. The number of halogens is 3. The first kappa shape index (κ1) is 19.1. The Labute approximate surface area is 158 Å². The lowest BCUT2D eigenvalue weighted by molar-refractivity contribution is -0.141. The van der Waals surface area contributed by atoms with Gasteiger partial charge in [0, 0.05) is 11.1 Å². The van der Waals surface area contributed by atoms with Gasteiger partial charge in [-0.3, -0.25) is 4.79 Å². The summed E-state index contributed by atoms with van der Waals surface area (Å²) in [6.07, 6.45) is -4.60. The van der Waals surface area contributed by atoms with Crippen LogP contribution in [0, 0.1) is 6.92 Å². The highest BCUT2D eigenvalue weighted by molar-refractivity contribution is 7.99. The molecule has 1 heterocycles. The quantitative estimate of drug-likeness (QED) is 0.331. The SMILES string of the molecule is Cc1ccc(-c2cc(C(F)(F)F)nc(SCC(=O)c3ccccc3)n2)cc1. The van der Waals surface area contributed by atoms with Gasteiger partial charge in [0.2, 0.25) is 0 Å². The van der Waals surface area contributed by atoms with Crippen LogP contribution in [-0.4, -0.2) is 21.5 Å². The fourth-order valence-electron chi connectivity index (χ4n) is 2.34. The van der Waals surface area contributed by atoms with Crippen molar-refractivity contribution in [1.82, 2.24) is 9.97 Å². The minimum absolute atomic E-state index is 0.0430. The van der Waals surface area contributed by atoms with Gasteiger partial charge >= 0.3 is 6.18 Å².